The van der Waals surface area contributed by atoms with Gasteiger partial charge in [-0.15, -0.1) is 4.36 Å². The van der Waals surface area contributed by atoms with Crippen LogP contribution < -0.4 is 0 Å². The molecule has 0 aliphatic carbocycles. The van der Waals surface area contributed by atoms with Gasteiger partial charge in [-0.1, -0.05) is 22.4 Å². The van der Waals surface area contributed by atoms with Crippen LogP contribution >= 0.6 is 0 Å². The van der Waals surface area contributed by atoms with E-state index in [-0.39, 0.29) is 17.7 Å². The molecular formula is C26H26F7N3O5S2. The maximum Gasteiger partial charge on any atom is 0.474 e. The molecule has 2 atom stereocenters. The van der Waals surface area contributed by atoms with Gasteiger partial charge in [0.2, 0.25) is 0 Å². The second-order valence-corrected chi connectivity index (χ2v) is 14.3. The molecule has 0 saturated heterocycles. The topological polar surface area (TPSA) is 107 Å². The number of halogens is 7. The third kappa shape index (κ3) is 8.84. The van der Waals surface area contributed by atoms with E-state index in [1.165, 1.54) is 19.9 Å². The van der Waals surface area contributed by atoms with Crippen molar-refractivity contribution in [2.24, 2.45) is 14.7 Å². The predicted octanol–water partition coefficient (Wildman–Crippen LogP) is 6.26. The van der Waals surface area contributed by atoms with Crippen molar-refractivity contribution in [3.8, 4) is 0 Å². The van der Waals surface area contributed by atoms with Gasteiger partial charge >= 0.3 is 12.1 Å². The minimum Gasteiger partial charge on any atom is -0.389 e. The van der Waals surface area contributed by atoms with Crippen LogP contribution in [0.15, 0.2) is 51.1 Å². The average Bonchev–Trinajstić information content (AvgIpc) is 3.45. The van der Waals surface area contributed by atoms with Crippen molar-refractivity contribution in [1.82, 2.24) is 0 Å². The third-order valence-corrected chi connectivity index (χ3v) is 9.18. The zero-order valence-electron chi connectivity index (χ0n) is 23.1. The number of hydrogen-bond acceptors (Lipinski definition) is 7. The van der Waals surface area contributed by atoms with Gasteiger partial charge in [0.1, 0.15) is 49.2 Å². The molecule has 4 rings (SSSR count). The van der Waals surface area contributed by atoms with Crippen LogP contribution in [0.4, 0.5) is 30.7 Å². The Morgan fingerprint density at radius 2 is 1.35 bits per heavy atom. The fourth-order valence-corrected chi connectivity index (χ4v) is 7.04. The Morgan fingerprint density at radius 3 is 1.77 bits per heavy atom. The SMILES string of the molecule is CC1(C)CC(S(=O)(Cc2c(F)cccc2F)=NC(=O)C(F)(F)F)=NO1.CC1(C)CC(S(=O)Cc2c(F)cccc2F)=NO1. The predicted molar refractivity (Wildman–Crippen MR) is 144 cm³/mol. The molecule has 0 N–H and O–H groups in total. The van der Waals surface area contributed by atoms with Gasteiger partial charge in [0.25, 0.3) is 0 Å². The van der Waals surface area contributed by atoms with E-state index in [1.807, 2.05) is 13.8 Å². The molecule has 17 heteroatoms. The first-order chi connectivity index (χ1) is 19.7. The molecule has 2 aromatic carbocycles. The maximum atomic E-state index is 13.8. The fourth-order valence-electron chi connectivity index (χ4n) is 3.60. The van der Waals surface area contributed by atoms with Crippen molar-refractivity contribution >= 4 is 36.5 Å². The van der Waals surface area contributed by atoms with Gasteiger partial charge in [-0.2, -0.15) is 13.2 Å². The normalized spacial score (nSPS) is 19.0. The minimum atomic E-state index is -5.38. The van der Waals surface area contributed by atoms with Crippen LogP contribution in [0.5, 0.6) is 0 Å². The summed E-state index contributed by atoms with van der Waals surface area (Å²) in [6.45, 7) is 6.64. The molecule has 1 amide bonds. The lowest BCUT2D eigenvalue weighted by Crippen LogP contribution is -2.27. The molecule has 2 unspecified atom stereocenters. The van der Waals surface area contributed by atoms with Crippen molar-refractivity contribution in [2.45, 2.75) is 69.4 Å². The molecule has 2 heterocycles. The van der Waals surface area contributed by atoms with Crippen LogP contribution in [0.1, 0.15) is 51.7 Å². The number of alkyl halides is 3. The van der Waals surface area contributed by atoms with Gasteiger partial charge in [-0.05, 0) is 52.0 Å². The average molecular weight is 658 g/mol. The molecule has 2 aromatic rings. The van der Waals surface area contributed by atoms with Crippen molar-refractivity contribution in [2.75, 3.05) is 0 Å². The van der Waals surface area contributed by atoms with Crippen LogP contribution in [-0.4, -0.2) is 41.8 Å². The van der Waals surface area contributed by atoms with Gasteiger partial charge in [0, 0.05) is 24.0 Å². The second-order valence-electron chi connectivity index (χ2n) is 10.6. The number of rotatable bonds is 4. The summed E-state index contributed by atoms with van der Waals surface area (Å²) in [6, 6.07) is 6.30. The number of benzene rings is 2. The van der Waals surface area contributed by atoms with E-state index in [4.69, 9.17) is 9.68 Å². The molecule has 0 spiro atoms. The molecule has 43 heavy (non-hydrogen) atoms. The quantitative estimate of drug-likeness (QED) is 0.361. The summed E-state index contributed by atoms with van der Waals surface area (Å²) in [5.41, 5.74) is -2.43. The Kier molecular flexibility index (Phi) is 10.1. The Hall–Kier alpha value is -3.34. The van der Waals surface area contributed by atoms with Crippen LogP contribution in [-0.2, 0) is 46.5 Å². The van der Waals surface area contributed by atoms with Crippen LogP contribution in [0.3, 0.4) is 0 Å². The molecule has 0 fully saturated rings. The monoisotopic (exact) mass is 657 g/mol. The van der Waals surface area contributed by atoms with Gasteiger partial charge in [-0.25, -0.2) is 21.8 Å². The van der Waals surface area contributed by atoms with Crippen LogP contribution in [0, 0.1) is 23.3 Å². The largest absolute Gasteiger partial charge is 0.474 e. The molecule has 0 bridgehead atoms. The third-order valence-electron chi connectivity index (χ3n) is 5.79. The van der Waals surface area contributed by atoms with E-state index in [0.29, 0.717) is 11.5 Å². The summed E-state index contributed by atoms with van der Waals surface area (Å²) >= 11 is 0. The van der Waals surface area contributed by atoms with Crippen molar-refractivity contribution in [3.63, 3.8) is 0 Å². The van der Waals surface area contributed by atoms with E-state index in [1.54, 1.807) is 0 Å². The first-order valence-corrected chi connectivity index (χ1v) is 15.3. The number of nitrogens with zero attached hydrogens (tertiary/aromatic N) is 3. The Labute approximate surface area is 244 Å². The summed E-state index contributed by atoms with van der Waals surface area (Å²) in [4.78, 5) is 21.2. The van der Waals surface area contributed by atoms with Gasteiger partial charge in [0.05, 0.1) is 22.3 Å². The Morgan fingerprint density at radius 1 is 0.884 bits per heavy atom. The summed E-state index contributed by atoms with van der Waals surface area (Å²) in [7, 11) is -5.79. The second kappa shape index (κ2) is 12.7. The molecule has 0 radical (unpaired) electrons. The molecular weight excluding hydrogens is 631 g/mol. The number of carbonyl (C=O) groups is 1. The van der Waals surface area contributed by atoms with Gasteiger partial charge in [-0.3, -0.25) is 9.00 Å². The summed E-state index contributed by atoms with van der Waals surface area (Å²) in [6.07, 6.45) is -5.20. The minimum absolute atomic E-state index is 0.178. The van der Waals surface area contributed by atoms with E-state index in [9.17, 15) is 43.9 Å². The number of carbonyl (C=O) groups excluding carboxylic acids is 1. The highest BCUT2D eigenvalue weighted by Gasteiger charge is 2.42. The Balaban J connectivity index is 0.000000248. The lowest BCUT2D eigenvalue weighted by atomic mass is 10.1. The van der Waals surface area contributed by atoms with E-state index < -0.39 is 83.4 Å². The first-order valence-electron chi connectivity index (χ1n) is 12.3. The number of hydrogen-bond donors (Lipinski definition) is 0. The van der Waals surface area contributed by atoms with E-state index >= 15 is 0 Å². The fraction of sp³-hybridized carbons (Fsp3) is 0.423. The standard InChI is InChI=1S/C14H13F5N2O3S.C12H13F2NO2S/c1-13(2)6-11(20-24-13)25(23,21-12(22)14(17,18)19)7-8-9(15)4-3-5-10(8)16;1-12(2)6-11(15-17-12)18(16)7-8-9(13)4-3-5-10(8)14/h3-5H,6-7H2,1-2H3;3-5H,6-7H2,1-2H3. The molecule has 236 valence electrons. The first kappa shape index (κ1) is 34.2. The maximum absolute atomic E-state index is 13.8. The van der Waals surface area contributed by atoms with Crippen molar-refractivity contribution < 1.29 is 53.6 Å². The molecule has 2 aliphatic rings. The molecule has 8 nitrogen and oxygen atoms in total. The summed E-state index contributed by atoms with van der Waals surface area (Å²) < 4.78 is 120. The van der Waals surface area contributed by atoms with Crippen LogP contribution in [0.25, 0.3) is 0 Å². The summed E-state index contributed by atoms with van der Waals surface area (Å²) in [5, 5.41) is 7.03. The van der Waals surface area contributed by atoms with Crippen molar-refractivity contribution in [3.05, 3.63) is 70.8 Å². The van der Waals surface area contributed by atoms with Gasteiger partial charge < -0.3 is 9.68 Å². The highest BCUT2D eigenvalue weighted by Crippen LogP contribution is 2.30. The molecule has 0 aromatic heterocycles. The lowest BCUT2D eigenvalue weighted by Gasteiger charge is -2.15. The van der Waals surface area contributed by atoms with E-state index in [0.717, 1.165) is 30.3 Å². The highest BCUT2D eigenvalue weighted by atomic mass is 32.2. The summed E-state index contributed by atoms with van der Waals surface area (Å²) in [5.74, 6) is -7.56. The lowest BCUT2D eigenvalue weighted by molar-refractivity contribution is -0.169. The Bertz CT molecular complexity index is 1570. The van der Waals surface area contributed by atoms with E-state index in [2.05, 4.69) is 14.7 Å². The zero-order chi connectivity index (χ0) is 32.4. The zero-order valence-corrected chi connectivity index (χ0v) is 24.8. The van der Waals surface area contributed by atoms with Crippen molar-refractivity contribution in [1.29, 1.82) is 0 Å². The highest BCUT2D eigenvalue weighted by molar-refractivity contribution is 8.07. The molecule has 0 saturated carbocycles. The number of oxime groups is 2. The van der Waals surface area contributed by atoms with Crippen LogP contribution in [0.2, 0.25) is 0 Å². The smallest absolute Gasteiger partial charge is 0.389 e. The van der Waals surface area contributed by atoms with Gasteiger partial charge in [0.15, 0.2) is 5.04 Å². The molecule has 2 aliphatic heterocycles. The number of amides is 1.